The summed E-state index contributed by atoms with van der Waals surface area (Å²) in [5, 5.41) is 8.43. The number of benzene rings is 3. The molecule has 0 bridgehead atoms. The van der Waals surface area contributed by atoms with Crippen LogP contribution in [0.2, 0.25) is 5.02 Å². The Kier molecular flexibility index (Phi) is 6.47. The van der Waals surface area contributed by atoms with E-state index >= 15 is 0 Å². The molecule has 0 unspecified atom stereocenters. The molecule has 8 heteroatoms. The van der Waals surface area contributed by atoms with Crippen molar-refractivity contribution in [3.63, 3.8) is 0 Å². The third-order valence-corrected chi connectivity index (χ3v) is 5.94. The summed E-state index contributed by atoms with van der Waals surface area (Å²) in [4.78, 5) is 31.1. The van der Waals surface area contributed by atoms with Gasteiger partial charge in [0.05, 0.1) is 35.3 Å². The van der Waals surface area contributed by atoms with Crippen LogP contribution in [0.4, 0.5) is 5.82 Å². The number of nitrogens with zero attached hydrogens (tertiary/aromatic N) is 3. The summed E-state index contributed by atoms with van der Waals surface area (Å²) < 4.78 is 6.70. The number of para-hydroxylation sites is 2. The molecule has 2 heterocycles. The van der Waals surface area contributed by atoms with E-state index in [1.54, 1.807) is 19.1 Å². The standard InChI is InChI=1S/C28H21ClN4O3/c1-2-36-28(35)22-17-30-33(18-10-4-3-5-11-18)26(22)32-27(34)21-16-25(20-13-6-8-14-23(20)29)31-24-15-9-7-12-19(21)24/h3-17H,2H2,1H3,(H,32,34). The average Bonchev–Trinajstić information content (AvgIpc) is 3.32. The third-order valence-electron chi connectivity index (χ3n) is 5.61. The van der Waals surface area contributed by atoms with E-state index in [2.05, 4.69) is 10.4 Å². The van der Waals surface area contributed by atoms with Crippen molar-refractivity contribution in [2.45, 2.75) is 6.92 Å². The Balaban J connectivity index is 1.63. The first-order valence-corrected chi connectivity index (χ1v) is 11.7. The number of carbonyl (C=O) groups is 2. The quantitative estimate of drug-likeness (QED) is 0.284. The van der Waals surface area contributed by atoms with Crippen LogP contribution in [0.3, 0.4) is 0 Å². The number of halogens is 1. The van der Waals surface area contributed by atoms with E-state index in [9.17, 15) is 9.59 Å². The van der Waals surface area contributed by atoms with Gasteiger partial charge in [0, 0.05) is 16.0 Å². The van der Waals surface area contributed by atoms with Gasteiger partial charge in [-0.25, -0.2) is 14.5 Å². The first kappa shape index (κ1) is 23.3. The van der Waals surface area contributed by atoms with Gasteiger partial charge >= 0.3 is 5.97 Å². The zero-order valence-electron chi connectivity index (χ0n) is 19.3. The third kappa shape index (κ3) is 4.44. The minimum atomic E-state index is -0.577. The molecule has 0 radical (unpaired) electrons. The lowest BCUT2D eigenvalue weighted by Crippen LogP contribution is -2.18. The van der Waals surface area contributed by atoms with E-state index < -0.39 is 11.9 Å². The van der Waals surface area contributed by atoms with Crippen LogP contribution in [0.5, 0.6) is 0 Å². The van der Waals surface area contributed by atoms with Crippen molar-refractivity contribution in [1.29, 1.82) is 0 Å². The monoisotopic (exact) mass is 496 g/mol. The van der Waals surface area contributed by atoms with Gasteiger partial charge < -0.3 is 10.1 Å². The number of hydrogen-bond donors (Lipinski definition) is 1. The van der Waals surface area contributed by atoms with E-state index in [1.165, 1.54) is 10.9 Å². The van der Waals surface area contributed by atoms with Crippen molar-refractivity contribution < 1.29 is 14.3 Å². The fraction of sp³-hybridized carbons (Fsp3) is 0.0714. The molecule has 0 aliphatic rings. The molecule has 0 aliphatic carbocycles. The van der Waals surface area contributed by atoms with Gasteiger partial charge in [0.1, 0.15) is 5.56 Å². The maximum Gasteiger partial charge on any atom is 0.343 e. The number of esters is 1. The largest absolute Gasteiger partial charge is 0.462 e. The molecule has 0 fully saturated rings. The van der Waals surface area contributed by atoms with Crippen LogP contribution in [-0.4, -0.2) is 33.2 Å². The summed E-state index contributed by atoms with van der Waals surface area (Å²) in [7, 11) is 0. The van der Waals surface area contributed by atoms with Gasteiger partial charge in [0.15, 0.2) is 5.82 Å². The second-order valence-corrected chi connectivity index (χ2v) is 8.29. The Bertz CT molecular complexity index is 1580. The molecule has 3 aromatic carbocycles. The Morgan fingerprint density at radius 3 is 2.44 bits per heavy atom. The van der Waals surface area contributed by atoms with Crippen molar-refractivity contribution in [2.75, 3.05) is 11.9 Å². The number of fused-ring (bicyclic) bond motifs is 1. The normalized spacial score (nSPS) is 10.8. The molecular formula is C28H21ClN4O3. The summed E-state index contributed by atoms with van der Waals surface area (Å²) in [6.45, 7) is 1.91. The number of amides is 1. The van der Waals surface area contributed by atoms with Crippen LogP contribution in [-0.2, 0) is 4.74 Å². The van der Waals surface area contributed by atoms with Gasteiger partial charge in [0.2, 0.25) is 0 Å². The van der Waals surface area contributed by atoms with Crippen molar-refractivity contribution in [2.24, 2.45) is 0 Å². The zero-order valence-corrected chi connectivity index (χ0v) is 20.1. The number of anilines is 1. The highest BCUT2D eigenvalue weighted by atomic mass is 35.5. The lowest BCUT2D eigenvalue weighted by Gasteiger charge is -2.14. The lowest BCUT2D eigenvalue weighted by molar-refractivity contribution is 0.0527. The predicted octanol–water partition coefficient (Wildman–Crippen LogP) is 6.17. The molecular weight excluding hydrogens is 476 g/mol. The van der Waals surface area contributed by atoms with Crippen LogP contribution in [0.25, 0.3) is 27.8 Å². The summed E-state index contributed by atoms with van der Waals surface area (Å²) in [6.07, 6.45) is 1.39. The van der Waals surface area contributed by atoms with E-state index in [0.29, 0.717) is 38.4 Å². The van der Waals surface area contributed by atoms with Gasteiger partial charge in [-0.05, 0) is 37.3 Å². The van der Waals surface area contributed by atoms with E-state index in [-0.39, 0.29) is 18.0 Å². The first-order chi connectivity index (χ1) is 17.6. The second-order valence-electron chi connectivity index (χ2n) is 7.88. The average molecular weight is 497 g/mol. The number of pyridine rings is 1. The minimum Gasteiger partial charge on any atom is -0.462 e. The number of carbonyl (C=O) groups excluding carboxylic acids is 2. The highest BCUT2D eigenvalue weighted by Crippen LogP contribution is 2.30. The molecule has 0 spiro atoms. The van der Waals surface area contributed by atoms with E-state index in [0.717, 1.165) is 0 Å². The summed E-state index contributed by atoms with van der Waals surface area (Å²) in [5.74, 6) is -0.790. The zero-order chi connectivity index (χ0) is 25.1. The van der Waals surface area contributed by atoms with Crippen LogP contribution < -0.4 is 5.32 Å². The Morgan fingerprint density at radius 2 is 1.67 bits per heavy atom. The number of rotatable bonds is 6. The molecule has 0 saturated heterocycles. The minimum absolute atomic E-state index is 0.152. The van der Waals surface area contributed by atoms with Gasteiger partial charge in [-0.2, -0.15) is 5.10 Å². The van der Waals surface area contributed by atoms with Crippen molar-refractivity contribution in [3.05, 3.63) is 107 Å². The molecule has 5 aromatic rings. The SMILES string of the molecule is CCOC(=O)c1cnn(-c2ccccc2)c1NC(=O)c1cc(-c2ccccc2Cl)nc2ccccc12. The Labute approximate surface area is 212 Å². The second kappa shape index (κ2) is 10.0. The maximum absolute atomic E-state index is 13.7. The Hall–Kier alpha value is -4.49. The van der Waals surface area contributed by atoms with Crippen LogP contribution in [0, 0.1) is 0 Å². The van der Waals surface area contributed by atoms with Gasteiger partial charge in [-0.1, -0.05) is 66.2 Å². The maximum atomic E-state index is 13.7. The topological polar surface area (TPSA) is 86.1 Å². The van der Waals surface area contributed by atoms with Crippen molar-refractivity contribution in [1.82, 2.24) is 14.8 Å². The molecule has 0 atom stereocenters. The predicted molar refractivity (Wildman–Crippen MR) is 140 cm³/mol. The molecule has 5 rings (SSSR count). The molecule has 1 amide bonds. The number of ether oxygens (including phenoxy) is 1. The fourth-order valence-corrected chi connectivity index (χ4v) is 4.17. The number of nitrogens with one attached hydrogen (secondary N) is 1. The molecule has 36 heavy (non-hydrogen) atoms. The highest BCUT2D eigenvalue weighted by molar-refractivity contribution is 6.33. The summed E-state index contributed by atoms with van der Waals surface area (Å²) in [6, 6.07) is 25.6. The molecule has 0 aliphatic heterocycles. The number of aromatic nitrogens is 3. The van der Waals surface area contributed by atoms with Crippen molar-refractivity contribution >= 4 is 40.2 Å². The molecule has 1 N–H and O–H groups in total. The summed E-state index contributed by atoms with van der Waals surface area (Å²) >= 11 is 6.43. The molecule has 7 nitrogen and oxygen atoms in total. The molecule has 0 saturated carbocycles. The van der Waals surface area contributed by atoms with Crippen LogP contribution >= 0.6 is 11.6 Å². The highest BCUT2D eigenvalue weighted by Gasteiger charge is 2.23. The fourth-order valence-electron chi connectivity index (χ4n) is 3.94. The van der Waals surface area contributed by atoms with Crippen molar-refractivity contribution in [3.8, 4) is 16.9 Å². The van der Waals surface area contributed by atoms with Gasteiger partial charge in [-0.15, -0.1) is 0 Å². The molecule has 178 valence electrons. The number of hydrogen-bond acceptors (Lipinski definition) is 5. The summed E-state index contributed by atoms with van der Waals surface area (Å²) in [5.41, 5.74) is 3.12. The van der Waals surface area contributed by atoms with Crippen LogP contribution in [0.1, 0.15) is 27.6 Å². The molecule has 2 aromatic heterocycles. The first-order valence-electron chi connectivity index (χ1n) is 11.3. The van der Waals surface area contributed by atoms with Gasteiger partial charge in [0.25, 0.3) is 5.91 Å². The lowest BCUT2D eigenvalue weighted by atomic mass is 10.0. The van der Waals surface area contributed by atoms with Gasteiger partial charge in [-0.3, -0.25) is 4.79 Å². The van der Waals surface area contributed by atoms with E-state index in [4.69, 9.17) is 21.3 Å². The van der Waals surface area contributed by atoms with E-state index in [1.807, 2.05) is 72.8 Å². The Morgan fingerprint density at radius 1 is 0.944 bits per heavy atom. The smallest absolute Gasteiger partial charge is 0.343 e. The van der Waals surface area contributed by atoms with Crippen LogP contribution in [0.15, 0.2) is 91.1 Å².